The van der Waals surface area contributed by atoms with E-state index in [1.165, 1.54) is 0 Å². The van der Waals surface area contributed by atoms with E-state index in [0.29, 0.717) is 18.3 Å². The van der Waals surface area contributed by atoms with Gasteiger partial charge in [-0.1, -0.05) is 6.07 Å². The van der Waals surface area contributed by atoms with Crippen LogP contribution in [0.1, 0.15) is 11.4 Å². The molecule has 0 aliphatic rings. The minimum atomic E-state index is 0.400. The first-order valence-electron chi connectivity index (χ1n) is 4.64. The summed E-state index contributed by atoms with van der Waals surface area (Å²) in [5.41, 5.74) is 7.21. The van der Waals surface area contributed by atoms with Crippen LogP contribution in [0.2, 0.25) is 0 Å². The summed E-state index contributed by atoms with van der Waals surface area (Å²) in [5, 5.41) is 6.74. The molecule has 0 saturated heterocycles. The van der Waals surface area contributed by atoms with Crippen molar-refractivity contribution in [3.63, 3.8) is 0 Å². The zero-order valence-corrected chi connectivity index (χ0v) is 8.40. The van der Waals surface area contributed by atoms with Crippen LogP contribution in [0.15, 0.2) is 24.3 Å². The molecule has 15 heavy (non-hydrogen) atoms. The first-order valence-corrected chi connectivity index (χ1v) is 4.64. The third-order valence-corrected chi connectivity index (χ3v) is 1.88. The average Bonchev–Trinajstić information content (AvgIpc) is 2.64. The van der Waals surface area contributed by atoms with Crippen LogP contribution in [0.25, 0.3) is 0 Å². The highest BCUT2D eigenvalue weighted by Gasteiger charge is 2.02. The monoisotopic (exact) mass is 204 g/mol. The van der Waals surface area contributed by atoms with Crippen LogP contribution in [0, 0.1) is 6.92 Å². The lowest BCUT2D eigenvalue weighted by Gasteiger charge is -2.01. The third kappa shape index (κ3) is 2.32. The molecule has 2 aromatic heterocycles. The summed E-state index contributed by atoms with van der Waals surface area (Å²) < 4.78 is 5.43. The molecule has 0 bridgehead atoms. The summed E-state index contributed by atoms with van der Waals surface area (Å²) in [5.74, 6) is 1.01. The van der Waals surface area contributed by atoms with E-state index in [1.54, 1.807) is 12.1 Å². The highest BCUT2D eigenvalue weighted by molar-refractivity contribution is 5.22. The van der Waals surface area contributed by atoms with E-state index < -0.39 is 0 Å². The second-order valence-electron chi connectivity index (χ2n) is 3.16. The van der Waals surface area contributed by atoms with E-state index in [0.717, 1.165) is 11.4 Å². The molecule has 0 aromatic carbocycles. The predicted octanol–water partition coefficient (Wildman–Crippen LogP) is 1.36. The number of aromatic amines is 1. The number of pyridine rings is 1. The van der Waals surface area contributed by atoms with E-state index in [2.05, 4.69) is 15.2 Å². The molecule has 0 radical (unpaired) electrons. The summed E-state index contributed by atoms with van der Waals surface area (Å²) in [7, 11) is 0. The molecule has 2 aromatic rings. The molecule has 78 valence electrons. The van der Waals surface area contributed by atoms with Crippen molar-refractivity contribution in [3.8, 4) is 11.8 Å². The van der Waals surface area contributed by atoms with Gasteiger partial charge in [0.1, 0.15) is 0 Å². The highest BCUT2D eigenvalue weighted by Crippen LogP contribution is 2.17. The van der Waals surface area contributed by atoms with E-state index in [-0.39, 0.29) is 0 Å². The van der Waals surface area contributed by atoms with Crippen molar-refractivity contribution < 1.29 is 4.74 Å². The van der Waals surface area contributed by atoms with Gasteiger partial charge in [0.15, 0.2) is 0 Å². The molecular weight excluding hydrogens is 192 g/mol. The van der Waals surface area contributed by atoms with Crippen LogP contribution in [0.3, 0.4) is 0 Å². The largest absolute Gasteiger partial charge is 0.419 e. The van der Waals surface area contributed by atoms with Gasteiger partial charge >= 0.3 is 0 Å². The smallest absolute Gasteiger partial charge is 0.240 e. The lowest BCUT2D eigenvalue weighted by molar-refractivity contribution is 0.441. The van der Waals surface area contributed by atoms with E-state index in [1.807, 2.05) is 19.1 Å². The van der Waals surface area contributed by atoms with Gasteiger partial charge in [0, 0.05) is 24.4 Å². The molecule has 0 atom stereocenters. The summed E-state index contributed by atoms with van der Waals surface area (Å²) in [4.78, 5) is 4.19. The Bertz CT molecular complexity index is 452. The minimum absolute atomic E-state index is 0.400. The lowest BCUT2D eigenvalue weighted by atomic mass is 10.3. The van der Waals surface area contributed by atoms with Crippen molar-refractivity contribution in [1.29, 1.82) is 0 Å². The predicted molar refractivity (Wildman–Crippen MR) is 55.5 cm³/mol. The molecular formula is C10H12N4O. The number of ether oxygens (including phenoxy) is 1. The normalized spacial score (nSPS) is 10.3. The van der Waals surface area contributed by atoms with E-state index in [4.69, 9.17) is 10.5 Å². The summed E-state index contributed by atoms with van der Waals surface area (Å²) in [6.45, 7) is 2.31. The van der Waals surface area contributed by atoms with Gasteiger partial charge in [0.2, 0.25) is 11.8 Å². The molecule has 0 saturated carbocycles. The second-order valence-corrected chi connectivity index (χ2v) is 3.16. The topological polar surface area (TPSA) is 76.8 Å². The van der Waals surface area contributed by atoms with Gasteiger partial charge in [-0.25, -0.2) is 4.98 Å². The molecule has 2 rings (SSSR count). The Labute approximate surface area is 87.3 Å². The molecule has 5 nitrogen and oxygen atoms in total. The Hall–Kier alpha value is -1.88. The number of aromatic nitrogens is 3. The van der Waals surface area contributed by atoms with Crippen LogP contribution in [0.4, 0.5) is 0 Å². The number of hydrogen-bond acceptors (Lipinski definition) is 4. The molecule has 3 N–H and O–H groups in total. The number of rotatable bonds is 3. The zero-order chi connectivity index (χ0) is 10.7. The Morgan fingerprint density at radius 1 is 1.40 bits per heavy atom. The van der Waals surface area contributed by atoms with Crippen molar-refractivity contribution >= 4 is 0 Å². The summed E-state index contributed by atoms with van der Waals surface area (Å²) in [6.07, 6.45) is 0. The molecule has 2 heterocycles. The summed E-state index contributed by atoms with van der Waals surface area (Å²) >= 11 is 0. The maximum atomic E-state index is 5.48. The van der Waals surface area contributed by atoms with Gasteiger partial charge in [-0.2, -0.15) is 0 Å². The lowest BCUT2D eigenvalue weighted by Crippen LogP contribution is -2.00. The van der Waals surface area contributed by atoms with Crippen molar-refractivity contribution in [3.05, 3.63) is 35.7 Å². The molecule has 0 fully saturated rings. The van der Waals surface area contributed by atoms with E-state index >= 15 is 0 Å². The maximum Gasteiger partial charge on any atom is 0.240 e. The van der Waals surface area contributed by atoms with Crippen molar-refractivity contribution in [2.75, 3.05) is 0 Å². The van der Waals surface area contributed by atoms with Gasteiger partial charge in [-0.3, -0.25) is 5.10 Å². The first kappa shape index (κ1) is 9.67. The second kappa shape index (κ2) is 4.10. The fourth-order valence-electron chi connectivity index (χ4n) is 1.18. The highest BCUT2D eigenvalue weighted by atomic mass is 16.5. The van der Waals surface area contributed by atoms with Crippen molar-refractivity contribution in [2.45, 2.75) is 13.5 Å². The van der Waals surface area contributed by atoms with Gasteiger partial charge in [0.25, 0.3) is 0 Å². The maximum absolute atomic E-state index is 5.48. The standard InChI is InChI=1S/C10H12N4O/c1-7-5-10(14-13-7)15-9-4-2-3-8(6-11)12-9/h2-5H,6,11H2,1H3,(H,13,14). The first-order chi connectivity index (χ1) is 7.28. The van der Waals surface area contributed by atoms with Gasteiger partial charge in [-0.05, 0) is 13.0 Å². The quantitative estimate of drug-likeness (QED) is 0.791. The Balaban J connectivity index is 2.16. The Morgan fingerprint density at radius 2 is 2.27 bits per heavy atom. The SMILES string of the molecule is Cc1cc(Oc2cccc(CN)n2)n[nH]1. The molecule has 0 aliphatic carbocycles. The third-order valence-electron chi connectivity index (χ3n) is 1.88. The van der Waals surface area contributed by atoms with Crippen LogP contribution in [-0.2, 0) is 6.54 Å². The molecule has 0 unspecified atom stereocenters. The Morgan fingerprint density at radius 3 is 2.93 bits per heavy atom. The molecule has 0 aliphatic heterocycles. The van der Waals surface area contributed by atoms with Crippen LogP contribution in [0.5, 0.6) is 11.8 Å². The number of H-pyrrole nitrogens is 1. The van der Waals surface area contributed by atoms with Gasteiger partial charge in [0.05, 0.1) is 5.69 Å². The summed E-state index contributed by atoms with van der Waals surface area (Å²) in [6, 6.07) is 7.27. The van der Waals surface area contributed by atoms with Crippen LogP contribution >= 0.6 is 0 Å². The van der Waals surface area contributed by atoms with Gasteiger partial charge in [-0.15, -0.1) is 5.10 Å². The Kier molecular flexibility index (Phi) is 2.64. The van der Waals surface area contributed by atoms with E-state index in [9.17, 15) is 0 Å². The van der Waals surface area contributed by atoms with Crippen molar-refractivity contribution in [2.24, 2.45) is 5.73 Å². The fraction of sp³-hybridized carbons (Fsp3) is 0.200. The van der Waals surface area contributed by atoms with Crippen molar-refractivity contribution in [1.82, 2.24) is 15.2 Å². The van der Waals surface area contributed by atoms with Gasteiger partial charge < -0.3 is 10.5 Å². The fourth-order valence-corrected chi connectivity index (χ4v) is 1.18. The minimum Gasteiger partial charge on any atom is -0.419 e. The van der Waals surface area contributed by atoms with Crippen LogP contribution in [-0.4, -0.2) is 15.2 Å². The average molecular weight is 204 g/mol. The number of nitrogens with one attached hydrogen (secondary N) is 1. The number of hydrogen-bond donors (Lipinski definition) is 2. The number of nitrogens with two attached hydrogens (primary N) is 1. The molecule has 0 amide bonds. The molecule has 0 spiro atoms. The molecule has 5 heteroatoms. The number of nitrogens with zero attached hydrogens (tertiary/aromatic N) is 2. The van der Waals surface area contributed by atoms with Crippen LogP contribution < -0.4 is 10.5 Å². The zero-order valence-electron chi connectivity index (χ0n) is 8.40. The number of aryl methyl sites for hydroxylation is 1.